The van der Waals surface area contributed by atoms with Crippen molar-refractivity contribution in [2.75, 3.05) is 11.6 Å². The van der Waals surface area contributed by atoms with Crippen LogP contribution in [-0.2, 0) is 20.2 Å². The van der Waals surface area contributed by atoms with E-state index in [9.17, 15) is 18.3 Å². The van der Waals surface area contributed by atoms with Crippen molar-refractivity contribution in [2.45, 2.75) is 83.4 Å². The fourth-order valence-corrected chi connectivity index (χ4v) is 5.15. The molecule has 0 fully saturated rings. The highest BCUT2D eigenvalue weighted by atomic mass is 32.2. The maximum atomic E-state index is 12.3. The molecule has 0 aromatic carbocycles. The van der Waals surface area contributed by atoms with E-state index in [1.54, 1.807) is 51.4 Å². The van der Waals surface area contributed by atoms with Crippen molar-refractivity contribution in [3.63, 3.8) is 0 Å². The van der Waals surface area contributed by atoms with Crippen molar-refractivity contribution in [3.8, 4) is 5.88 Å². The molecule has 0 bridgehead atoms. The van der Waals surface area contributed by atoms with Crippen LogP contribution in [0.15, 0.2) is 30.6 Å². The van der Waals surface area contributed by atoms with Gasteiger partial charge in [0.25, 0.3) is 0 Å². The summed E-state index contributed by atoms with van der Waals surface area (Å²) in [4.78, 5) is 25.9. The van der Waals surface area contributed by atoms with Crippen molar-refractivity contribution in [1.29, 1.82) is 0 Å². The number of nitrogens with zero attached hydrogens (tertiary/aromatic N) is 3. The van der Waals surface area contributed by atoms with Gasteiger partial charge in [-0.2, -0.15) is 0 Å². The Morgan fingerprint density at radius 3 is 2.54 bits per heavy atom. The Kier molecular flexibility index (Phi) is 7.86. The molecule has 0 saturated carbocycles. The topological polar surface area (TPSA) is 141 Å². The fourth-order valence-electron chi connectivity index (χ4n) is 4.53. The lowest BCUT2D eigenvalue weighted by Crippen LogP contribution is -2.29. The molecular weight excluding hydrogens is 520 g/mol. The van der Waals surface area contributed by atoms with Crippen molar-refractivity contribution in [2.24, 2.45) is 0 Å². The molecule has 0 aliphatic carbocycles. The third kappa shape index (κ3) is 5.99. The molecule has 0 unspecified atom stereocenters. The minimum atomic E-state index is -3.20. The number of fused-ring (bicyclic) bond motifs is 2. The van der Waals surface area contributed by atoms with Crippen LogP contribution in [0.3, 0.4) is 0 Å². The molecule has 5 atom stereocenters. The predicted octanol–water partition coefficient (Wildman–Crippen LogP) is 4.64. The van der Waals surface area contributed by atoms with E-state index in [1.807, 2.05) is 20.8 Å². The average molecular weight is 557 g/mol. The Labute approximate surface area is 229 Å². The number of carbonyl (C=O) groups is 1. The fraction of sp³-hybridized carbons (Fsp3) is 0.500. The van der Waals surface area contributed by atoms with Crippen molar-refractivity contribution in [1.82, 2.24) is 15.0 Å². The Hall–Kier alpha value is -3.31. The second-order valence-corrected chi connectivity index (χ2v) is 13.1. The number of cyclic esters (lactones) is 1. The minimum absolute atomic E-state index is 0.0616. The van der Waals surface area contributed by atoms with Gasteiger partial charge in [0.05, 0.1) is 33.6 Å². The Morgan fingerprint density at radius 1 is 1.15 bits per heavy atom. The molecule has 0 amide bonds. The van der Waals surface area contributed by atoms with Crippen molar-refractivity contribution < 1.29 is 27.8 Å². The van der Waals surface area contributed by atoms with Gasteiger partial charge in [-0.15, -0.1) is 0 Å². The molecule has 2 N–H and O–H groups in total. The van der Waals surface area contributed by atoms with Gasteiger partial charge in [0.15, 0.2) is 0 Å². The van der Waals surface area contributed by atoms with Crippen LogP contribution in [0, 0.1) is 0 Å². The first-order valence-corrected chi connectivity index (χ1v) is 15.0. The van der Waals surface area contributed by atoms with Gasteiger partial charge < -0.3 is 19.9 Å². The third-order valence-corrected chi connectivity index (χ3v) is 9.20. The number of aliphatic hydroxyl groups is 1. The van der Waals surface area contributed by atoms with Crippen LogP contribution in [0.2, 0.25) is 0 Å². The summed E-state index contributed by atoms with van der Waals surface area (Å²) < 4.78 is 35.2. The first-order chi connectivity index (χ1) is 18.2. The summed E-state index contributed by atoms with van der Waals surface area (Å²) in [5, 5.41) is 15.1. The standard InChI is InChI=1S/C28H36N4O6S/c1-8-28(6,34)22-14-30-26(37-15(2)11-16(3)39(7,35)36)21-13-29-24(12-20(21)22)31-23-10-9-19-25(32-23)17(4)18(5)38-27(19)33/h9-10,12-18,34H,8,11H2,1-7H3,(H,29,31,32)/t15-,16-,17+,18+,28-/m1/s1. The number of ether oxygens (including phenoxy) is 2. The lowest BCUT2D eigenvalue weighted by atomic mass is 9.91. The number of hydrogen-bond acceptors (Lipinski definition) is 10. The van der Waals surface area contributed by atoms with Crippen molar-refractivity contribution in [3.05, 3.63) is 47.4 Å². The van der Waals surface area contributed by atoms with E-state index in [0.29, 0.717) is 58.0 Å². The summed E-state index contributed by atoms with van der Waals surface area (Å²) in [7, 11) is -3.20. The first-order valence-electron chi connectivity index (χ1n) is 13.1. The summed E-state index contributed by atoms with van der Waals surface area (Å²) >= 11 is 0. The van der Waals surface area contributed by atoms with Crippen LogP contribution < -0.4 is 10.1 Å². The molecule has 4 heterocycles. The maximum Gasteiger partial charge on any atom is 0.340 e. The highest BCUT2D eigenvalue weighted by Crippen LogP contribution is 2.36. The monoisotopic (exact) mass is 556 g/mol. The molecule has 3 aromatic heterocycles. The van der Waals surface area contributed by atoms with E-state index >= 15 is 0 Å². The van der Waals surface area contributed by atoms with Gasteiger partial charge in [0.2, 0.25) is 5.88 Å². The van der Waals surface area contributed by atoms with E-state index in [4.69, 9.17) is 9.47 Å². The molecule has 0 spiro atoms. The molecule has 39 heavy (non-hydrogen) atoms. The van der Waals surface area contributed by atoms with Gasteiger partial charge >= 0.3 is 5.97 Å². The smallest absolute Gasteiger partial charge is 0.340 e. The molecule has 0 radical (unpaired) electrons. The highest BCUT2D eigenvalue weighted by Gasteiger charge is 2.32. The SMILES string of the molecule is CC[C@@](C)(O)c1cnc(O[C@H](C)C[C@@H](C)S(C)(=O)=O)c2cnc(Nc3ccc4c(n3)[C@@H](C)[C@H](C)OC4=O)cc12. The van der Waals surface area contributed by atoms with E-state index in [0.717, 1.165) is 0 Å². The number of sulfone groups is 1. The lowest BCUT2D eigenvalue weighted by molar-refractivity contribution is 0.0235. The number of carbonyl (C=O) groups excluding carboxylic acids is 1. The summed E-state index contributed by atoms with van der Waals surface area (Å²) in [5.41, 5.74) is 0.565. The minimum Gasteiger partial charge on any atom is -0.474 e. The Balaban J connectivity index is 1.71. The highest BCUT2D eigenvalue weighted by molar-refractivity contribution is 7.91. The Morgan fingerprint density at radius 2 is 1.87 bits per heavy atom. The van der Waals surface area contributed by atoms with E-state index in [-0.39, 0.29) is 18.0 Å². The molecule has 210 valence electrons. The van der Waals surface area contributed by atoms with Gasteiger partial charge in [0, 0.05) is 36.6 Å². The van der Waals surface area contributed by atoms with Crippen LogP contribution in [0.1, 0.15) is 81.9 Å². The largest absolute Gasteiger partial charge is 0.474 e. The van der Waals surface area contributed by atoms with Gasteiger partial charge in [-0.1, -0.05) is 13.8 Å². The van der Waals surface area contributed by atoms with Crippen LogP contribution in [-0.4, -0.2) is 58.2 Å². The number of anilines is 2. The summed E-state index contributed by atoms with van der Waals surface area (Å²) in [6, 6.07) is 5.19. The van der Waals surface area contributed by atoms with Crippen molar-refractivity contribution >= 4 is 38.2 Å². The van der Waals surface area contributed by atoms with Gasteiger partial charge in [-0.25, -0.2) is 28.2 Å². The maximum absolute atomic E-state index is 12.3. The van der Waals surface area contributed by atoms with E-state index in [2.05, 4.69) is 20.3 Å². The first kappa shape index (κ1) is 28.7. The van der Waals surface area contributed by atoms with Gasteiger partial charge in [-0.05, 0) is 57.7 Å². The zero-order valence-electron chi connectivity index (χ0n) is 23.3. The molecule has 1 aliphatic heterocycles. The average Bonchev–Trinajstić information content (AvgIpc) is 2.86. The summed E-state index contributed by atoms with van der Waals surface area (Å²) in [6.45, 7) is 10.9. The second kappa shape index (κ2) is 10.7. The summed E-state index contributed by atoms with van der Waals surface area (Å²) in [6.07, 6.45) is 4.47. The molecule has 0 saturated heterocycles. The normalized spacial score (nSPS) is 20.5. The third-order valence-electron chi connectivity index (χ3n) is 7.54. The predicted molar refractivity (Wildman–Crippen MR) is 149 cm³/mol. The molecule has 4 rings (SSSR count). The Bertz CT molecular complexity index is 1510. The second-order valence-electron chi connectivity index (χ2n) is 10.7. The van der Waals surface area contributed by atoms with Crippen LogP contribution >= 0.6 is 0 Å². The molecule has 3 aromatic rings. The number of esters is 1. The zero-order valence-corrected chi connectivity index (χ0v) is 24.2. The number of pyridine rings is 3. The molecular formula is C28H36N4O6S. The summed E-state index contributed by atoms with van der Waals surface area (Å²) in [5.74, 6) is 0.866. The van der Waals surface area contributed by atoms with Crippen LogP contribution in [0.5, 0.6) is 5.88 Å². The van der Waals surface area contributed by atoms with Crippen LogP contribution in [0.4, 0.5) is 11.6 Å². The number of hydrogen-bond donors (Lipinski definition) is 2. The number of rotatable bonds is 9. The van der Waals surface area contributed by atoms with Crippen LogP contribution in [0.25, 0.3) is 10.8 Å². The number of nitrogens with one attached hydrogen (secondary N) is 1. The van der Waals surface area contributed by atoms with E-state index < -0.39 is 26.8 Å². The lowest BCUT2D eigenvalue weighted by Gasteiger charge is -2.27. The quantitative estimate of drug-likeness (QED) is 0.358. The molecule has 10 nitrogen and oxygen atoms in total. The van der Waals surface area contributed by atoms with E-state index in [1.165, 1.54) is 6.26 Å². The zero-order chi connectivity index (χ0) is 28.7. The van der Waals surface area contributed by atoms with Gasteiger partial charge in [-0.3, -0.25) is 0 Å². The molecule has 1 aliphatic rings. The number of aromatic nitrogens is 3. The molecule has 11 heteroatoms. The van der Waals surface area contributed by atoms with Gasteiger partial charge in [0.1, 0.15) is 27.6 Å².